The number of nitro benzene ring substituents is 1. The van der Waals surface area contributed by atoms with Crippen LogP contribution >= 0.6 is 0 Å². The molecular weight excluding hydrogens is 268 g/mol. The highest BCUT2D eigenvalue weighted by atomic mass is 16.6. The molecule has 0 heterocycles. The van der Waals surface area contributed by atoms with Gasteiger partial charge in [-0.3, -0.25) is 10.1 Å². The summed E-state index contributed by atoms with van der Waals surface area (Å²) >= 11 is 0. The SMILES string of the molecule is O=[N+]([O-])c1ccc(C(O)CNC2C3C4CCC(C4)C23)cc1. The molecule has 2 N–H and O–H groups in total. The van der Waals surface area contributed by atoms with Crippen molar-refractivity contribution >= 4 is 5.69 Å². The molecule has 5 atom stereocenters. The molecule has 5 unspecified atom stereocenters. The van der Waals surface area contributed by atoms with Gasteiger partial charge >= 0.3 is 0 Å². The third-order valence-electron chi connectivity index (χ3n) is 5.77. The maximum absolute atomic E-state index is 10.6. The van der Waals surface area contributed by atoms with Crippen molar-refractivity contribution in [3.63, 3.8) is 0 Å². The number of nitrogens with one attached hydrogen (secondary N) is 1. The minimum Gasteiger partial charge on any atom is -0.387 e. The summed E-state index contributed by atoms with van der Waals surface area (Å²) in [4.78, 5) is 10.2. The Morgan fingerprint density at radius 2 is 1.86 bits per heavy atom. The van der Waals surface area contributed by atoms with Crippen molar-refractivity contribution in [2.75, 3.05) is 6.54 Å². The third-order valence-corrected chi connectivity index (χ3v) is 5.77. The molecule has 0 aliphatic heterocycles. The fourth-order valence-electron chi connectivity index (χ4n) is 4.78. The Labute approximate surface area is 123 Å². The molecule has 0 spiro atoms. The number of non-ortho nitro benzene ring substituents is 1. The summed E-state index contributed by atoms with van der Waals surface area (Å²) in [6.07, 6.45) is 3.63. The van der Waals surface area contributed by atoms with Crippen molar-refractivity contribution in [3.05, 3.63) is 39.9 Å². The summed E-state index contributed by atoms with van der Waals surface area (Å²) in [5, 5.41) is 24.3. The van der Waals surface area contributed by atoms with E-state index in [-0.39, 0.29) is 5.69 Å². The van der Waals surface area contributed by atoms with Gasteiger partial charge in [-0.1, -0.05) is 0 Å². The van der Waals surface area contributed by atoms with E-state index in [0.717, 1.165) is 29.2 Å². The molecule has 1 aromatic carbocycles. The lowest BCUT2D eigenvalue weighted by Crippen LogP contribution is -2.27. The summed E-state index contributed by atoms with van der Waals surface area (Å²) in [6, 6.07) is 6.78. The van der Waals surface area contributed by atoms with Crippen LogP contribution in [0.25, 0.3) is 0 Å². The number of benzene rings is 1. The second-order valence-corrected chi connectivity index (χ2v) is 6.79. The highest BCUT2D eigenvalue weighted by Gasteiger charge is 2.64. The summed E-state index contributed by atoms with van der Waals surface area (Å²) in [5.74, 6) is 3.56. The van der Waals surface area contributed by atoms with E-state index in [1.807, 2.05) is 0 Å². The van der Waals surface area contributed by atoms with Crippen molar-refractivity contribution < 1.29 is 10.0 Å². The monoisotopic (exact) mass is 288 g/mol. The number of fused-ring (bicyclic) bond motifs is 5. The second kappa shape index (κ2) is 4.78. The average molecular weight is 288 g/mol. The molecule has 0 radical (unpaired) electrons. The van der Waals surface area contributed by atoms with Crippen molar-refractivity contribution in [1.82, 2.24) is 5.32 Å². The molecule has 1 aromatic rings. The normalized spacial score (nSPS) is 37.3. The molecule has 0 amide bonds. The first-order chi connectivity index (χ1) is 10.1. The number of hydrogen-bond acceptors (Lipinski definition) is 4. The van der Waals surface area contributed by atoms with Gasteiger partial charge in [-0.05, 0) is 60.6 Å². The molecule has 3 fully saturated rings. The fourth-order valence-corrected chi connectivity index (χ4v) is 4.78. The Kier molecular flexibility index (Phi) is 3.01. The van der Waals surface area contributed by atoms with Crippen LogP contribution < -0.4 is 5.32 Å². The van der Waals surface area contributed by atoms with E-state index in [1.54, 1.807) is 12.1 Å². The molecule has 3 aliphatic carbocycles. The van der Waals surface area contributed by atoms with Crippen LogP contribution in [0.2, 0.25) is 0 Å². The van der Waals surface area contributed by atoms with Gasteiger partial charge in [-0.2, -0.15) is 0 Å². The van der Waals surface area contributed by atoms with Gasteiger partial charge in [0.05, 0.1) is 11.0 Å². The quantitative estimate of drug-likeness (QED) is 0.643. The van der Waals surface area contributed by atoms with Crippen LogP contribution in [-0.2, 0) is 0 Å². The standard InChI is InChI=1S/C16H20N2O3/c19-13(9-3-5-12(6-4-9)18(20)21)8-17-16-14-10-1-2-11(7-10)15(14)16/h3-6,10-11,13-17,19H,1-2,7-8H2. The third kappa shape index (κ3) is 2.15. The van der Waals surface area contributed by atoms with Crippen LogP contribution in [0.4, 0.5) is 5.69 Å². The Balaban J connectivity index is 1.32. The molecule has 5 nitrogen and oxygen atoms in total. The van der Waals surface area contributed by atoms with Crippen molar-refractivity contribution in [2.45, 2.75) is 31.4 Å². The fraction of sp³-hybridized carbons (Fsp3) is 0.625. The number of nitro groups is 1. The van der Waals surface area contributed by atoms with Gasteiger partial charge in [0.2, 0.25) is 0 Å². The van der Waals surface area contributed by atoms with Gasteiger partial charge in [0.15, 0.2) is 0 Å². The van der Waals surface area contributed by atoms with Crippen LogP contribution in [0.1, 0.15) is 30.9 Å². The molecule has 112 valence electrons. The summed E-state index contributed by atoms with van der Waals surface area (Å²) in [7, 11) is 0. The molecular formula is C16H20N2O3. The molecule has 0 saturated heterocycles. The van der Waals surface area contributed by atoms with E-state index < -0.39 is 11.0 Å². The Morgan fingerprint density at radius 1 is 1.24 bits per heavy atom. The van der Waals surface area contributed by atoms with Crippen molar-refractivity contribution in [3.8, 4) is 0 Å². The van der Waals surface area contributed by atoms with E-state index in [0.29, 0.717) is 12.6 Å². The Hall–Kier alpha value is -1.46. The maximum atomic E-state index is 10.6. The largest absolute Gasteiger partial charge is 0.387 e. The van der Waals surface area contributed by atoms with Gasteiger partial charge in [-0.25, -0.2) is 0 Å². The summed E-state index contributed by atoms with van der Waals surface area (Å²) in [6.45, 7) is 0.537. The molecule has 4 rings (SSSR count). The van der Waals surface area contributed by atoms with Crippen LogP contribution in [-0.4, -0.2) is 22.6 Å². The van der Waals surface area contributed by atoms with E-state index in [9.17, 15) is 15.2 Å². The Bertz CT molecular complexity index is 543. The zero-order valence-electron chi connectivity index (χ0n) is 11.8. The van der Waals surface area contributed by atoms with Gasteiger partial charge in [0.25, 0.3) is 5.69 Å². The number of aliphatic hydroxyl groups is 1. The molecule has 5 heteroatoms. The zero-order chi connectivity index (χ0) is 14.6. The van der Waals surface area contributed by atoms with Gasteiger partial charge < -0.3 is 10.4 Å². The molecule has 3 aliphatic rings. The van der Waals surface area contributed by atoms with Crippen LogP contribution in [0.15, 0.2) is 24.3 Å². The van der Waals surface area contributed by atoms with Crippen LogP contribution in [0.3, 0.4) is 0 Å². The van der Waals surface area contributed by atoms with Gasteiger partial charge in [-0.15, -0.1) is 0 Å². The van der Waals surface area contributed by atoms with E-state index in [4.69, 9.17) is 0 Å². The number of aliphatic hydroxyl groups excluding tert-OH is 1. The number of hydrogen-bond donors (Lipinski definition) is 2. The van der Waals surface area contributed by atoms with Crippen LogP contribution in [0.5, 0.6) is 0 Å². The number of nitrogens with zero attached hydrogens (tertiary/aromatic N) is 1. The highest BCUT2D eigenvalue weighted by molar-refractivity contribution is 5.33. The van der Waals surface area contributed by atoms with E-state index >= 15 is 0 Å². The van der Waals surface area contributed by atoms with E-state index in [2.05, 4.69) is 5.32 Å². The first-order valence-corrected chi connectivity index (χ1v) is 7.81. The Morgan fingerprint density at radius 3 is 2.43 bits per heavy atom. The van der Waals surface area contributed by atoms with E-state index in [1.165, 1.54) is 31.4 Å². The maximum Gasteiger partial charge on any atom is 0.269 e. The van der Waals surface area contributed by atoms with Gasteiger partial charge in [0, 0.05) is 24.7 Å². The van der Waals surface area contributed by atoms with Crippen molar-refractivity contribution in [1.29, 1.82) is 0 Å². The lowest BCUT2D eigenvalue weighted by atomic mass is 10.0. The lowest BCUT2D eigenvalue weighted by molar-refractivity contribution is -0.384. The summed E-state index contributed by atoms with van der Waals surface area (Å²) < 4.78 is 0. The average Bonchev–Trinajstić information content (AvgIpc) is 2.88. The molecule has 21 heavy (non-hydrogen) atoms. The lowest BCUT2D eigenvalue weighted by Gasteiger charge is -2.14. The zero-order valence-corrected chi connectivity index (χ0v) is 11.8. The predicted octanol–water partition coefficient (Wildman–Crippen LogP) is 2.26. The molecule has 0 aromatic heterocycles. The molecule has 3 saturated carbocycles. The minimum absolute atomic E-state index is 0.0622. The summed E-state index contributed by atoms with van der Waals surface area (Å²) in [5.41, 5.74) is 0.800. The smallest absolute Gasteiger partial charge is 0.269 e. The minimum atomic E-state index is -0.593. The first kappa shape index (κ1) is 13.2. The highest BCUT2D eigenvalue weighted by Crippen LogP contribution is 2.65. The first-order valence-electron chi connectivity index (χ1n) is 7.81. The van der Waals surface area contributed by atoms with Gasteiger partial charge in [0.1, 0.15) is 0 Å². The predicted molar refractivity (Wildman–Crippen MR) is 77.7 cm³/mol. The molecule has 2 bridgehead atoms. The second-order valence-electron chi connectivity index (χ2n) is 6.79. The topological polar surface area (TPSA) is 75.4 Å². The van der Waals surface area contributed by atoms with Crippen LogP contribution in [0, 0.1) is 33.8 Å². The van der Waals surface area contributed by atoms with Crippen molar-refractivity contribution in [2.24, 2.45) is 23.7 Å². The number of rotatable bonds is 5.